The van der Waals surface area contributed by atoms with Crippen LogP contribution in [-0.2, 0) is 7.05 Å². The van der Waals surface area contributed by atoms with Crippen LogP contribution in [0.2, 0.25) is 0 Å². The van der Waals surface area contributed by atoms with Gasteiger partial charge in [-0.05, 0) is 31.0 Å². The number of hydrogen-bond donors (Lipinski definition) is 3. The van der Waals surface area contributed by atoms with E-state index in [1.54, 1.807) is 19.3 Å². The van der Waals surface area contributed by atoms with E-state index in [0.29, 0.717) is 18.5 Å². The third-order valence-electron chi connectivity index (χ3n) is 6.16. The number of anilines is 1. The molecule has 2 aliphatic rings. The van der Waals surface area contributed by atoms with Gasteiger partial charge in [0.2, 0.25) is 0 Å². The fourth-order valence-electron chi connectivity index (χ4n) is 4.53. The van der Waals surface area contributed by atoms with Crippen molar-refractivity contribution in [3.63, 3.8) is 0 Å². The Morgan fingerprint density at radius 3 is 2.45 bits per heavy atom. The van der Waals surface area contributed by atoms with Gasteiger partial charge in [0, 0.05) is 45.1 Å². The van der Waals surface area contributed by atoms with Gasteiger partial charge in [-0.3, -0.25) is 14.4 Å². The predicted molar refractivity (Wildman–Crippen MR) is 110 cm³/mol. The van der Waals surface area contributed by atoms with E-state index in [-0.39, 0.29) is 11.9 Å². The van der Waals surface area contributed by atoms with Crippen LogP contribution in [0, 0.1) is 0 Å². The van der Waals surface area contributed by atoms with Crippen LogP contribution in [0.1, 0.15) is 23.3 Å². The first-order valence-electron chi connectivity index (χ1n) is 10.2. The number of amides is 1. The lowest BCUT2D eigenvalue weighted by Gasteiger charge is -2.47. The molecule has 0 unspecified atom stereocenters. The maximum Gasteiger partial charge on any atom is 0.269 e. The number of aliphatic hydroxyl groups is 2. The van der Waals surface area contributed by atoms with Gasteiger partial charge in [-0.2, -0.15) is 5.10 Å². The summed E-state index contributed by atoms with van der Waals surface area (Å²) in [6.45, 7) is 3.20. The van der Waals surface area contributed by atoms with E-state index in [1.807, 2.05) is 18.2 Å². The van der Waals surface area contributed by atoms with Crippen LogP contribution in [0.3, 0.4) is 0 Å². The average Bonchev–Trinajstić information content (AvgIpc) is 3.17. The SMILES string of the molecule is Cn1nccc1C(=O)N[C@@H]1CC[C@H](O)[C@@H](N2CCN(c3ccccc3)CC2)[C@@H]1O. The Morgan fingerprint density at radius 1 is 1.07 bits per heavy atom. The van der Waals surface area contributed by atoms with Crippen LogP contribution in [0.5, 0.6) is 0 Å². The van der Waals surface area contributed by atoms with Crippen molar-refractivity contribution in [2.24, 2.45) is 7.05 Å². The lowest BCUT2D eigenvalue weighted by molar-refractivity contribution is -0.0709. The summed E-state index contributed by atoms with van der Waals surface area (Å²) in [5, 5.41) is 28.6. The first-order chi connectivity index (χ1) is 14.0. The van der Waals surface area contributed by atoms with Gasteiger partial charge in [0.25, 0.3) is 5.91 Å². The van der Waals surface area contributed by atoms with Crippen molar-refractivity contribution in [1.29, 1.82) is 0 Å². The molecule has 1 saturated heterocycles. The summed E-state index contributed by atoms with van der Waals surface area (Å²) in [5.41, 5.74) is 1.65. The molecule has 156 valence electrons. The number of nitrogens with zero attached hydrogens (tertiary/aromatic N) is 4. The fourth-order valence-corrected chi connectivity index (χ4v) is 4.53. The minimum atomic E-state index is -0.820. The average molecular weight is 399 g/mol. The van der Waals surface area contributed by atoms with Gasteiger partial charge in [-0.15, -0.1) is 0 Å². The van der Waals surface area contributed by atoms with Crippen LogP contribution in [-0.4, -0.2) is 81.3 Å². The van der Waals surface area contributed by atoms with Crippen molar-refractivity contribution >= 4 is 11.6 Å². The molecule has 0 radical (unpaired) electrons. The molecule has 8 heteroatoms. The summed E-state index contributed by atoms with van der Waals surface area (Å²) in [6.07, 6.45) is 1.26. The molecule has 1 aliphatic heterocycles. The Labute approximate surface area is 170 Å². The third kappa shape index (κ3) is 4.14. The summed E-state index contributed by atoms with van der Waals surface area (Å²) >= 11 is 0. The van der Waals surface area contributed by atoms with Crippen molar-refractivity contribution < 1.29 is 15.0 Å². The summed E-state index contributed by atoms with van der Waals surface area (Å²) < 4.78 is 1.51. The number of carbonyl (C=O) groups excluding carboxylic acids is 1. The molecule has 1 aliphatic carbocycles. The molecule has 8 nitrogen and oxygen atoms in total. The van der Waals surface area contributed by atoms with Gasteiger partial charge in [0.05, 0.1) is 24.3 Å². The minimum Gasteiger partial charge on any atom is -0.391 e. The number of carbonyl (C=O) groups is 1. The number of para-hydroxylation sites is 1. The van der Waals surface area contributed by atoms with Crippen LogP contribution in [0.15, 0.2) is 42.6 Å². The second-order valence-electron chi connectivity index (χ2n) is 7.90. The highest BCUT2D eigenvalue weighted by molar-refractivity contribution is 5.92. The Balaban J connectivity index is 1.39. The zero-order valence-corrected chi connectivity index (χ0v) is 16.7. The highest BCUT2D eigenvalue weighted by Gasteiger charge is 2.42. The second-order valence-corrected chi connectivity index (χ2v) is 7.90. The molecular weight excluding hydrogens is 370 g/mol. The lowest BCUT2D eigenvalue weighted by atomic mass is 9.84. The molecule has 2 aromatic rings. The van der Waals surface area contributed by atoms with Crippen molar-refractivity contribution in [3.05, 3.63) is 48.3 Å². The number of nitrogens with one attached hydrogen (secondary N) is 1. The number of aryl methyl sites for hydroxylation is 1. The summed E-state index contributed by atoms with van der Waals surface area (Å²) in [6, 6.07) is 11.2. The van der Waals surface area contributed by atoms with E-state index in [2.05, 4.69) is 32.3 Å². The predicted octanol–water partition coefficient (Wildman–Crippen LogP) is 0.225. The molecule has 29 heavy (non-hydrogen) atoms. The molecule has 0 spiro atoms. The van der Waals surface area contributed by atoms with Crippen LogP contribution >= 0.6 is 0 Å². The van der Waals surface area contributed by atoms with Crippen LogP contribution < -0.4 is 10.2 Å². The molecule has 4 rings (SSSR count). The Hall–Kier alpha value is -2.42. The third-order valence-corrected chi connectivity index (χ3v) is 6.16. The van der Waals surface area contributed by atoms with Gasteiger partial charge < -0.3 is 20.4 Å². The topological polar surface area (TPSA) is 93.9 Å². The molecular formula is C21H29N5O3. The molecule has 1 saturated carbocycles. The molecule has 0 bridgehead atoms. The maximum atomic E-state index is 12.5. The number of benzene rings is 1. The molecule has 2 fully saturated rings. The van der Waals surface area contributed by atoms with E-state index >= 15 is 0 Å². The summed E-state index contributed by atoms with van der Waals surface area (Å²) in [5.74, 6) is -0.252. The van der Waals surface area contributed by atoms with E-state index in [9.17, 15) is 15.0 Å². The van der Waals surface area contributed by atoms with Crippen molar-refractivity contribution in [3.8, 4) is 0 Å². The summed E-state index contributed by atoms with van der Waals surface area (Å²) in [4.78, 5) is 17.0. The Bertz CT molecular complexity index is 819. The van der Waals surface area contributed by atoms with E-state index < -0.39 is 18.2 Å². The zero-order chi connectivity index (χ0) is 20.4. The van der Waals surface area contributed by atoms with Gasteiger partial charge in [-0.25, -0.2) is 0 Å². The highest BCUT2D eigenvalue weighted by Crippen LogP contribution is 2.27. The van der Waals surface area contributed by atoms with Crippen molar-refractivity contribution in [2.75, 3.05) is 31.1 Å². The normalized spacial score (nSPS) is 28.3. The molecule has 2 heterocycles. The quantitative estimate of drug-likeness (QED) is 0.681. The monoisotopic (exact) mass is 399 g/mol. The molecule has 1 amide bonds. The summed E-state index contributed by atoms with van der Waals surface area (Å²) in [7, 11) is 1.71. The highest BCUT2D eigenvalue weighted by atomic mass is 16.3. The van der Waals surface area contributed by atoms with Gasteiger partial charge >= 0.3 is 0 Å². The maximum absolute atomic E-state index is 12.5. The van der Waals surface area contributed by atoms with Crippen LogP contribution in [0.25, 0.3) is 0 Å². The number of piperazine rings is 1. The van der Waals surface area contributed by atoms with Gasteiger partial charge in [-0.1, -0.05) is 18.2 Å². The smallest absolute Gasteiger partial charge is 0.269 e. The zero-order valence-electron chi connectivity index (χ0n) is 16.7. The minimum absolute atomic E-state index is 0.252. The van der Waals surface area contributed by atoms with E-state index in [4.69, 9.17) is 0 Å². The first kappa shape index (κ1) is 19.9. The molecule has 4 atom stereocenters. The molecule has 1 aromatic carbocycles. The van der Waals surface area contributed by atoms with E-state index in [0.717, 1.165) is 26.2 Å². The number of aromatic nitrogens is 2. The van der Waals surface area contributed by atoms with Gasteiger partial charge in [0.1, 0.15) is 5.69 Å². The van der Waals surface area contributed by atoms with Gasteiger partial charge in [0.15, 0.2) is 0 Å². The van der Waals surface area contributed by atoms with E-state index in [1.165, 1.54) is 10.4 Å². The van der Waals surface area contributed by atoms with Crippen molar-refractivity contribution in [1.82, 2.24) is 20.0 Å². The standard InChI is InChI=1S/C21H29N5O3/c1-24-17(9-10-22-24)21(29)23-16-7-8-18(27)19(20(16)28)26-13-11-25(12-14-26)15-5-3-2-4-6-15/h2-6,9-10,16,18-20,27-28H,7-8,11-14H2,1H3,(H,23,29)/t16-,18+,19-,20-/m1/s1. The Morgan fingerprint density at radius 2 is 1.79 bits per heavy atom. The van der Waals surface area contributed by atoms with Crippen molar-refractivity contribution in [2.45, 2.75) is 37.1 Å². The Kier molecular flexibility index (Phi) is 5.84. The lowest BCUT2D eigenvalue weighted by Crippen LogP contribution is -2.64. The largest absolute Gasteiger partial charge is 0.391 e. The molecule has 1 aromatic heterocycles. The first-order valence-corrected chi connectivity index (χ1v) is 10.2. The number of rotatable bonds is 4. The van der Waals surface area contributed by atoms with Crippen LogP contribution in [0.4, 0.5) is 5.69 Å². The fraction of sp³-hybridized carbons (Fsp3) is 0.524. The number of aliphatic hydroxyl groups excluding tert-OH is 2. The second kappa shape index (κ2) is 8.52. The number of hydrogen-bond acceptors (Lipinski definition) is 6. The molecule has 3 N–H and O–H groups in total.